The minimum Gasteiger partial charge on any atom is -0.378 e. The average molecular weight is 642 g/mol. The summed E-state index contributed by atoms with van der Waals surface area (Å²) < 4.78 is 7.52. The topological polar surface area (TPSA) is 132 Å². The molecule has 0 unspecified atom stereocenters. The molecule has 0 spiro atoms. The maximum atomic E-state index is 13.2. The van der Waals surface area contributed by atoms with Crippen molar-refractivity contribution in [1.29, 1.82) is 0 Å². The largest absolute Gasteiger partial charge is 0.378 e. The van der Waals surface area contributed by atoms with Crippen molar-refractivity contribution in [3.05, 3.63) is 113 Å². The van der Waals surface area contributed by atoms with Crippen LogP contribution in [0.25, 0.3) is 38.6 Å². The number of morpholine rings is 1. The number of nitrogens with zero attached hydrogens (tertiary/aromatic N) is 8. The molecule has 1 N–H and O–H groups in total. The molecule has 2 aliphatic heterocycles. The summed E-state index contributed by atoms with van der Waals surface area (Å²) in [5.41, 5.74) is 15.7. The number of hydrogen-bond donors (Lipinski definition) is 1. The van der Waals surface area contributed by atoms with Crippen LogP contribution in [0.15, 0.2) is 96.1 Å². The zero-order chi connectivity index (χ0) is 33.0. The van der Waals surface area contributed by atoms with E-state index in [4.69, 9.17) is 15.3 Å². The first-order valence-corrected chi connectivity index (χ1v) is 16.0. The van der Waals surface area contributed by atoms with Gasteiger partial charge in [0, 0.05) is 83.6 Å². The van der Waals surface area contributed by atoms with Gasteiger partial charge in [-0.2, -0.15) is 0 Å². The Morgan fingerprint density at radius 2 is 1.38 bits per heavy atom. The number of aromatic nitrogens is 2. The lowest BCUT2D eigenvalue weighted by atomic mass is 10.1. The molecule has 2 saturated heterocycles. The van der Waals surface area contributed by atoms with E-state index in [0.717, 1.165) is 61.7 Å². The van der Waals surface area contributed by atoms with E-state index in [1.165, 1.54) is 5.69 Å². The van der Waals surface area contributed by atoms with E-state index in [1.807, 2.05) is 42.5 Å². The number of likely N-dealkylation sites (N-methyl/N-ethyl adjacent to an activating group) is 1. The van der Waals surface area contributed by atoms with Crippen LogP contribution in [0.2, 0.25) is 0 Å². The number of carbonyl (C=O) groups is 2. The summed E-state index contributed by atoms with van der Waals surface area (Å²) in [6, 6.07) is 28.6. The first-order chi connectivity index (χ1) is 23.5. The monoisotopic (exact) mass is 641 g/mol. The standard InChI is InChI=1S/C36H35N9O3/c1-42-16-18-43(19-17-42)30-11-13-31(14-12-30)45-33-15-8-28(38-35(46)26-6-9-29(10-7-26)44-20-22-48-23-21-44)24-32(33)39-34(45)25-2-4-27(5-3-25)36(47)40-41-37/h2-15,24H,16-23H2,1H3,(H,38,46). The molecule has 3 heterocycles. The molecule has 0 atom stereocenters. The number of imidazole rings is 1. The smallest absolute Gasteiger partial charge is 0.255 e. The quantitative estimate of drug-likeness (QED) is 0.131. The van der Waals surface area contributed by atoms with E-state index in [-0.39, 0.29) is 5.91 Å². The van der Waals surface area contributed by atoms with E-state index < -0.39 is 5.91 Å². The van der Waals surface area contributed by atoms with Gasteiger partial charge in [0.2, 0.25) is 5.91 Å². The van der Waals surface area contributed by atoms with Crippen LogP contribution in [-0.4, -0.2) is 85.8 Å². The molecule has 0 aliphatic carbocycles. The fourth-order valence-corrected chi connectivity index (χ4v) is 6.20. The van der Waals surface area contributed by atoms with Crippen molar-refractivity contribution in [3.8, 4) is 17.1 Å². The maximum absolute atomic E-state index is 13.2. The van der Waals surface area contributed by atoms with E-state index in [2.05, 4.69) is 65.9 Å². The van der Waals surface area contributed by atoms with Crippen molar-refractivity contribution in [3.63, 3.8) is 0 Å². The number of amides is 2. The fraction of sp³-hybridized carbons (Fsp3) is 0.250. The molecule has 12 heteroatoms. The molecule has 12 nitrogen and oxygen atoms in total. The number of ether oxygens (including phenoxy) is 1. The maximum Gasteiger partial charge on any atom is 0.255 e. The van der Waals surface area contributed by atoms with Crippen LogP contribution >= 0.6 is 0 Å². The molecule has 0 bridgehead atoms. The summed E-state index contributed by atoms with van der Waals surface area (Å²) in [7, 11) is 2.14. The molecule has 1 aromatic heterocycles. The van der Waals surface area contributed by atoms with Crippen molar-refractivity contribution in [2.75, 3.05) is 74.6 Å². The van der Waals surface area contributed by atoms with Crippen molar-refractivity contribution in [2.45, 2.75) is 0 Å². The molecule has 0 saturated carbocycles. The number of rotatable bonds is 7. The first kappa shape index (κ1) is 30.9. The Balaban J connectivity index is 1.19. The minimum absolute atomic E-state index is 0.206. The zero-order valence-electron chi connectivity index (χ0n) is 26.6. The first-order valence-electron chi connectivity index (χ1n) is 16.0. The Labute approximate surface area is 277 Å². The van der Waals surface area contributed by atoms with Crippen LogP contribution in [-0.2, 0) is 4.74 Å². The van der Waals surface area contributed by atoms with E-state index in [1.54, 1.807) is 24.3 Å². The van der Waals surface area contributed by atoms with Crippen molar-refractivity contribution in [1.82, 2.24) is 14.5 Å². The van der Waals surface area contributed by atoms with Gasteiger partial charge in [-0.1, -0.05) is 24.3 Å². The highest BCUT2D eigenvalue weighted by atomic mass is 16.5. The van der Waals surface area contributed by atoms with Gasteiger partial charge in [0.25, 0.3) is 5.91 Å². The van der Waals surface area contributed by atoms with Crippen LogP contribution in [0, 0.1) is 0 Å². The van der Waals surface area contributed by atoms with Gasteiger partial charge in [0.1, 0.15) is 5.82 Å². The second kappa shape index (κ2) is 13.6. The number of piperazine rings is 1. The number of anilines is 3. The molecule has 0 radical (unpaired) electrons. The van der Waals surface area contributed by atoms with Crippen LogP contribution in [0.4, 0.5) is 17.1 Å². The zero-order valence-corrected chi connectivity index (χ0v) is 26.6. The van der Waals surface area contributed by atoms with Crippen molar-refractivity contribution in [2.24, 2.45) is 5.11 Å². The molecule has 2 aliphatic rings. The van der Waals surface area contributed by atoms with Crippen LogP contribution in [0.5, 0.6) is 0 Å². The van der Waals surface area contributed by atoms with E-state index >= 15 is 0 Å². The Kier molecular flexibility index (Phi) is 8.76. The Bertz CT molecular complexity index is 1990. The highest BCUT2D eigenvalue weighted by Crippen LogP contribution is 2.32. The minimum atomic E-state index is -0.645. The predicted molar refractivity (Wildman–Crippen MR) is 187 cm³/mol. The molecule has 7 rings (SSSR count). The third-order valence-corrected chi connectivity index (χ3v) is 8.92. The highest BCUT2D eigenvalue weighted by molar-refractivity contribution is 6.05. The normalized spacial score (nSPS) is 15.3. The van der Waals surface area contributed by atoms with Crippen LogP contribution < -0.4 is 15.1 Å². The predicted octanol–water partition coefficient (Wildman–Crippen LogP) is 5.98. The number of fused-ring (bicyclic) bond motifs is 1. The number of benzene rings is 4. The lowest BCUT2D eigenvalue weighted by molar-refractivity contribution is 0.0997. The molecule has 2 amide bonds. The van der Waals surface area contributed by atoms with Crippen LogP contribution in [0.3, 0.4) is 0 Å². The number of hydrogen-bond acceptors (Lipinski definition) is 7. The Morgan fingerprint density at radius 3 is 2.04 bits per heavy atom. The third kappa shape index (κ3) is 6.45. The van der Waals surface area contributed by atoms with Gasteiger partial charge >= 0.3 is 0 Å². The van der Waals surface area contributed by atoms with Gasteiger partial charge in [0.15, 0.2) is 0 Å². The summed E-state index contributed by atoms with van der Waals surface area (Å²) in [6.07, 6.45) is 0. The molecule has 242 valence electrons. The highest BCUT2D eigenvalue weighted by Gasteiger charge is 2.19. The summed E-state index contributed by atoms with van der Waals surface area (Å²) in [5, 5.41) is 6.23. The Morgan fingerprint density at radius 1 is 0.771 bits per heavy atom. The second-order valence-corrected chi connectivity index (χ2v) is 12.0. The van der Waals surface area contributed by atoms with Crippen molar-refractivity contribution >= 4 is 39.9 Å². The fourth-order valence-electron chi connectivity index (χ4n) is 6.20. The lowest BCUT2D eigenvalue weighted by Gasteiger charge is -2.34. The van der Waals surface area contributed by atoms with E-state index in [9.17, 15) is 9.59 Å². The molecule has 2 fully saturated rings. The molecular weight excluding hydrogens is 606 g/mol. The van der Waals surface area contributed by atoms with Gasteiger partial charge in [-0.05, 0) is 84.4 Å². The number of azide groups is 1. The molecular formula is C36H35N9O3. The van der Waals surface area contributed by atoms with Crippen LogP contribution in [0.1, 0.15) is 20.7 Å². The Hall–Kier alpha value is -5.68. The summed E-state index contributed by atoms with van der Waals surface area (Å²) in [4.78, 5) is 39.9. The van der Waals surface area contributed by atoms with Crippen molar-refractivity contribution < 1.29 is 14.3 Å². The summed E-state index contributed by atoms with van der Waals surface area (Å²) in [5.74, 6) is -0.183. The van der Waals surface area contributed by atoms with Gasteiger partial charge in [-0.3, -0.25) is 14.2 Å². The van der Waals surface area contributed by atoms with Gasteiger partial charge in [-0.25, -0.2) is 4.98 Å². The van der Waals surface area contributed by atoms with Gasteiger partial charge in [-0.15, -0.1) is 0 Å². The van der Waals surface area contributed by atoms with Gasteiger partial charge in [0.05, 0.1) is 24.2 Å². The van der Waals surface area contributed by atoms with E-state index in [0.29, 0.717) is 41.4 Å². The van der Waals surface area contributed by atoms with Gasteiger partial charge < -0.3 is 24.8 Å². The number of carbonyl (C=O) groups excluding carboxylic acids is 2. The lowest BCUT2D eigenvalue weighted by Crippen LogP contribution is -2.44. The SMILES string of the molecule is CN1CCN(c2ccc(-n3c(-c4ccc(C(=O)N=[N+]=[N-])cc4)nc4cc(NC(=O)c5ccc(N6CCOCC6)cc5)ccc43)cc2)CC1. The molecule has 5 aromatic rings. The second-order valence-electron chi connectivity index (χ2n) is 12.0. The third-order valence-electron chi connectivity index (χ3n) is 8.92. The molecule has 4 aromatic carbocycles. The number of nitrogens with one attached hydrogen (secondary N) is 1. The molecule has 48 heavy (non-hydrogen) atoms. The summed E-state index contributed by atoms with van der Waals surface area (Å²) >= 11 is 0. The average Bonchev–Trinajstić information content (AvgIpc) is 3.51. The summed E-state index contributed by atoms with van der Waals surface area (Å²) in [6.45, 7) is 7.06.